The van der Waals surface area contributed by atoms with E-state index in [0.29, 0.717) is 0 Å². The van der Waals surface area contributed by atoms with Crippen LogP contribution in [0, 0.1) is 6.92 Å². The van der Waals surface area contributed by atoms with Gasteiger partial charge in [0.15, 0.2) is 5.16 Å². The van der Waals surface area contributed by atoms with Crippen LogP contribution in [0.1, 0.15) is 11.1 Å². The van der Waals surface area contributed by atoms with Crippen LogP contribution < -0.4 is 14.4 Å². The fourth-order valence-corrected chi connectivity index (χ4v) is 3.69. The summed E-state index contributed by atoms with van der Waals surface area (Å²) in [5, 5.41) is 0.851. The van der Waals surface area contributed by atoms with Crippen LogP contribution in [-0.2, 0) is 5.75 Å². The van der Waals surface area contributed by atoms with Crippen molar-refractivity contribution in [3.8, 4) is 11.5 Å². The Hall–Kier alpha value is -2.34. The van der Waals surface area contributed by atoms with E-state index in [-0.39, 0.29) is 0 Å². The van der Waals surface area contributed by atoms with E-state index in [1.165, 1.54) is 16.8 Å². The Morgan fingerprint density at radius 2 is 1.80 bits per heavy atom. The highest BCUT2D eigenvalue weighted by Gasteiger charge is 2.14. The number of benzene rings is 2. The molecule has 0 aliphatic heterocycles. The van der Waals surface area contributed by atoms with E-state index < -0.39 is 0 Å². The van der Waals surface area contributed by atoms with Crippen LogP contribution in [0.4, 0.5) is 5.69 Å². The number of aromatic nitrogens is 2. The van der Waals surface area contributed by atoms with E-state index in [9.17, 15) is 0 Å². The van der Waals surface area contributed by atoms with Gasteiger partial charge in [-0.05, 0) is 30.7 Å². The number of anilines is 1. The second-order valence-corrected chi connectivity index (χ2v) is 7.01. The van der Waals surface area contributed by atoms with Gasteiger partial charge in [0, 0.05) is 25.5 Å². The number of rotatable bonds is 6. The van der Waals surface area contributed by atoms with E-state index in [4.69, 9.17) is 14.5 Å². The summed E-state index contributed by atoms with van der Waals surface area (Å²) >= 11 is 1.67. The Morgan fingerprint density at radius 1 is 1.08 bits per heavy atom. The molecule has 0 spiro atoms. The van der Waals surface area contributed by atoms with Crippen LogP contribution in [0.25, 0.3) is 11.0 Å². The number of ether oxygens (including phenoxy) is 2. The maximum atomic E-state index is 5.43. The lowest BCUT2D eigenvalue weighted by molar-refractivity contribution is 0.409. The van der Waals surface area contributed by atoms with Gasteiger partial charge in [0.2, 0.25) is 0 Å². The number of fused-ring (bicyclic) bond motifs is 1. The molecule has 0 radical (unpaired) electrons. The van der Waals surface area contributed by atoms with Gasteiger partial charge in [0.1, 0.15) is 22.5 Å². The molecule has 0 amide bonds. The average Bonchev–Trinajstić information content (AvgIpc) is 3.03. The highest BCUT2D eigenvalue weighted by Crippen LogP contribution is 2.35. The first-order valence-electron chi connectivity index (χ1n) is 8.04. The Labute approximate surface area is 152 Å². The molecule has 1 N–H and O–H groups in total. The summed E-state index contributed by atoms with van der Waals surface area (Å²) in [6.07, 6.45) is 0. The molecule has 132 valence electrons. The number of imidazole rings is 1. The first-order valence-corrected chi connectivity index (χ1v) is 9.02. The number of nitrogens with one attached hydrogen (secondary N) is 1. The third-order valence-corrected chi connectivity index (χ3v) is 4.99. The van der Waals surface area contributed by atoms with Crippen LogP contribution in [-0.4, -0.2) is 38.3 Å². The number of hydrogen-bond acceptors (Lipinski definition) is 5. The monoisotopic (exact) mass is 357 g/mol. The van der Waals surface area contributed by atoms with Gasteiger partial charge in [-0.1, -0.05) is 29.5 Å². The van der Waals surface area contributed by atoms with E-state index in [1.54, 1.807) is 26.0 Å². The van der Waals surface area contributed by atoms with Crippen molar-refractivity contribution in [1.82, 2.24) is 9.97 Å². The molecular formula is C19H23N3O2S. The van der Waals surface area contributed by atoms with E-state index >= 15 is 0 Å². The second-order valence-electron chi connectivity index (χ2n) is 6.05. The summed E-state index contributed by atoms with van der Waals surface area (Å²) in [6, 6.07) is 10.3. The van der Waals surface area contributed by atoms with Gasteiger partial charge < -0.3 is 19.4 Å². The van der Waals surface area contributed by atoms with Crippen LogP contribution in [0.5, 0.6) is 11.5 Å². The van der Waals surface area contributed by atoms with Crippen molar-refractivity contribution in [3.63, 3.8) is 0 Å². The zero-order valence-electron chi connectivity index (χ0n) is 15.2. The number of aromatic amines is 1. The van der Waals surface area contributed by atoms with E-state index in [0.717, 1.165) is 33.4 Å². The zero-order chi connectivity index (χ0) is 18.0. The molecule has 0 aliphatic carbocycles. The van der Waals surface area contributed by atoms with Crippen LogP contribution in [0.15, 0.2) is 35.5 Å². The Kier molecular flexibility index (Phi) is 5.08. The SMILES string of the molecule is COc1ccc(OC)c2[nH]c(SCc3cc(C)ccc3N(C)C)nc12. The number of H-pyrrole nitrogens is 1. The van der Waals surface area contributed by atoms with Gasteiger partial charge in [-0.25, -0.2) is 4.98 Å². The van der Waals surface area contributed by atoms with Crippen molar-refractivity contribution in [2.45, 2.75) is 17.8 Å². The normalized spacial score (nSPS) is 10.9. The molecule has 5 nitrogen and oxygen atoms in total. The van der Waals surface area contributed by atoms with Crippen molar-refractivity contribution in [2.75, 3.05) is 33.2 Å². The van der Waals surface area contributed by atoms with Gasteiger partial charge in [-0.2, -0.15) is 0 Å². The summed E-state index contributed by atoms with van der Waals surface area (Å²) in [5.74, 6) is 2.34. The van der Waals surface area contributed by atoms with Crippen molar-refractivity contribution in [1.29, 1.82) is 0 Å². The predicted octanol–water partition coefficient (Wildman–Crippen LogP) is 4.25. The summed E-state index contributed by atoms with van der Waals surface area (Å²) in [5.41, 5.74) is 5.43. The Morgan fingerprint density at radius 3 is 2.48 bits per heavy atom. The minimum Gasteiger partial charge on any atom is -0.494 e. The molecule has 0 saturated carbocycles. The lowest BCUT2D eigenvalue weighted by Gasteiger charge is -2.17. The molecule has 25 heavy (non-hydrogen) atoms. The number of aryl methyl sites for hydroxylation is 1. The number of hydrogen-bond donors (Lipinski definition) is 1. The van der Waals surface area contributed by atoms with Crippen molar-refractivity contribution >= 4 is 28.5 Å². The topological polar surface area (TPSA) is 50.4 Å². The fraction of sp³-hybridized carbons (Fsp3) is 0.316. The molecule has 0 unspecified atom stereocenters. The molecule has 1 aromatic heterocycles. The summed E-state index contributed by atoms with van der Waals surface area (Å²) < 4.78 is 10.8. The maximum absolute atomic E-state index is 5.43. The molecule has 1 heterocycles. The highest BCUT2D eigenvalue weighted by atomic mass is 32.2. The molecule has 6 heteroatoms. The van der Waals surface area contributed by atoms with Crippen molar-refractivity contribution < 1.29 is 9.47 Å². The van der Waals surface area contributed by atoms with Gasteiger partial charge in [0.25, 0.3) is 0 Å². The molecule has 3 rings (SSSR count). The Balaban J connectivity index is 1.91. The smallest absolute Gasteiger partial charge is 0.166 e. The van der Waals surface area contributed by atoms with Gasteiger partial charge in [-0.3, -0.25) is 0 Å². The zero-order valence-corrected chi connectivity index (χ0v) is 16.0. The molecule has 0 saturated heterocycles. The average molecular weight is 357 g/mol. The minimum absolute atomic E-state index is 0.739. The highest BCUT2D eigenvalue weighted by molar-refractivity contribution is 7.98. The standard InChI is InChI=1S/C19H23N3O2S/c1-12-6-7-14(22(2)3)13(10-12)11-25-19-20-17-15(23-4)8-9-16(24-5)18(17)21-19/h6-10H,11H2,1-5H3,(H,20,21). The summed E-state index contributed by atoms with van der Waals surface area (Å²) in [4.78, 5) is 10.2. The molecule has 0 atom stereocenters. The lowest BCUT2D eigenvalue weighted by atomic mass is 10.1. The number of methoxy groups -OCH3 is 2. The first-order chi connectivity index (χ1) is 12.0. The molecule has 2 aromatic carbocycles. The predicted molar refractivity (Wildman–Crippen MR) is 104 cm³/mol. The lowest BCUT2D eigenvalue weighted by Crippen LogP contribution is -2.11. The summed E-state index contributed by atoms with van der Waals surface area (Å²) in [7, 11) is 7.44. The third kappa shape index (κ3) is 3.54. The summed E-state index contributed by atoms with van der Waals surface area (Å²) in [6.45, 7) is 2.12. The molecular weight excluding hydrogens is 334 g/mol. The quantitative estimate of drug-likeness (QED) is 0.669. The second kappa shape index (κ2) is 7.27. The van der Waals surface area contributed by atoms with Crippen molar-refractivity contribution in [3.05, 3.63) is 41.5 Å². The van der Waals surface area contributed by atoms with Gasteiger partial charge in [-0.15, -0.1) is 0 Å². The fourth-order valence-electron chi connectivity index (χ4n) is 2.84. The van der Waals surface area contributed by atoms with Gasteiger partial charge >= 0.3 is 0 Å². The third-order valence-electron chi connectivity index (χ3n) is 4.07. The molecule has 0 aliphatic rings. The van der Waals surface area contributed by atoms with Gasteiger partial charge in [0.05, 0.1) is 14.2 Å². The Bertz CT molecular complexity index is 849. The largest absolute Gasteiger partial charge is 0.494 e. The molecule has 3 aromatic rings. The molecule has 0 fully saturated rings. The van der Waals surface area contributed by atoms with Crippen LogP contribution in [0.2, 0.25) is 0 Å². The van der Waals surface area contributed by atoms with E-state index in [2.05, 4.69) is 49.1 Å². The minimum atomic E-state index is 0.739. The van der Waals surface area contributed by atoms with Crippen LogP contribution >= 0.6 is 11.8 Å². The number of nitrogens with zero attached hydrogens (tertiary/aromatic N) is 2. The maximum Gasteiger partial charge on any atom is 0.166 e. The first kappa shape index (κ1) is 17.5. The number of thioether (sulfide) groups is 1. The molecule has 0 bridgehead atoms. The van der Waals surface area contributed by atoms with E-state index in [1.807, 2.05) is 12.1 Å². The van der Waals surface area contributed by atoms with Crippen molar-refractivity contribution in [2.24, 2.45) is 0 Å². The van der Waals surface area contributed by atoms with Crippen LogP contribution in [0.3, 0.4) is 0 Å².